The first-order valence-electron chi connectivity index (χ1n) is 27.5. The third-order valence-corrected chi connectivity index (χ3v) is 20.4. The Labute approximate surface area is 561 Å². The molecule has 444 valence electrons. The number of rotatable bonds is 6. The molecule has 0 saturated heterocycles. The highest BCUT2D eigenvalue weighted by molar-refractivity contribution is 9.11. The summed E-state index contributed by atoms with van der Waals surface area (Å²) >= 11 is 22.0. The lowest BCUT2D eigenvalue weighted by molar-refractivity contribution is 0.0594. The molecule has 0 radical (unpaired) electrons. The van der Waals surface area contributed by atoms with Gasteiger partial charge in [0.25, 0.3) is 0 Å². The summed E-state index contributed by atoms with van der Waals surface area (Å²) in [5.74, 6) is -2.29. The van der Waals surface area contributed by atoms with Crippen molar-refractivity contribution in [3.63, 3.8) is 0 Å². The highest BCUT2D eigenvalue weighted by Gasteiger charge is 2.27. The maximum Gasteiger partial charge on any atom is 0.338 e. The van der Waals surface area contributed by atoms with E-state index < -0.39 is 0 Å². The van der Waals surface area contributed by atoms with Crippen LogP contribution in [0.15, 0.2) is 172 Å². The van der Waals surface area contributed by atoms with E-state index in [1.54, 1.807) is 36.4 Å². The van der Waals surface area contributed by atoms with Crippen molar-refractivity contribution in [3.05, 3.63) is 206 Å². The summed E-state index contributed by atoms with van der Waals surface area (Å²) < 4.78 is 35.1. The van der Waals surface area contributed by atoms with Gasteiger partial charge in [-0.3, -0.25) is 0 Å². The number of methoxy groups -OCH3 is 6. The Morgan fingerprint density at radius 3 is 0.900 bits per heavy atom. The zero-order valence-electron chi connectivity index (χ0n) is 48.0. The van der Waals surface area contributed by atoms with Gasteiger partial charge in [-0.15, -0.1) is 0 Å². The Morgan fingerprint density at radius 2 is 0.478 bits per heavy atom. The van der Waals surface area contributed by atoms with Crippen molar-refractivity contribution < 1.29 is 57.2 Å². The van der Waals surface area contributed by atoms with Gasteiger partial charge in [-0.1, -0.05) is 181 Å². The molecule has 12 nitrogen and oxygen atoms in total. The Kier molecular flexibility index (Phi) is 15.9. The van der Waals surface area contributed by atoms with E-state index in [2.05, 4.69) is 95.6 Å². The molecule has 15 aromatic carbocycles. The molecule has 0 unspecified atom stereocenters. The van der Waals surface area contributed by atoms with Crippen molar-refractivity contribution in [1.29, 1.82) is 0 Å². The minimum Gasteiger partial charge on any atom is -0.465 e. The number of hydrogen-bond donors (Lipinski definition) is 0. The second kappa shape index (κ2) is 23.6. The van der Waals surface area contributed by atoms with Crippen molar-refractivity contribution >= 4 is 261 Å². The van der Waals surface area contributed by atoms with Crippen LogP contribution >= 0.6 is 95.6 Å². The van der Waals surface area contributed by atoms with E-state index in [1.807, 2.05) is 109 Å². The fourth-order valence-electron chi connectivity index (χ4n) is 13.1. The van der Waals surface area contributed by atoms with Gasteiger partial charge in [0, 0.05) is 59.2 Å². The van der Waals surface area contributed by atoms with Crippen molar-refractivity contribution in [1.82, 2.24) is 0 Å². The summed E-state index contributed by atoms with van der Waals surface area (Å²) in [5.41, 5.74) is 3.05. The van der Waals surface area contributed by atoms with Crippen LogP contribution in [0.5, 0.6) is 0 Å². The molecule has 0 aliphatic carbocycles. The largest absolute Gasteiger partial charge is 0.465 e. The number of halogens is 6. The Bertz CT molecular complexity index is 5510. The van der Waals surface area contributed by atoms with E-state index in [0.717, 1.165) is 156 Å². The molecular weight excluding hydrogens is 1540 g/mol. The summed E-state index contributed by atoms with van der Waals surface area (Å²) in [6, 6.07) is 46.1. The van der Waals surface area contributed by atoms with Crippen LogP contribution < -0.4 is 0 Å². The van der Waals surface area contributed by atoms with E-state index >= 15 is 0 Å². The topological polar surface area (TPSA) is 158 Å². The fourth-order valence-corrected chi connectivity index (χ4v) is 16.6. The monoisotopic (exact) mass is 1570 g/mol. The van der Waals surface area contributed by atoms with Gasteiger partial charge in [-0.2, -0.15) is 0 Å². The first kappa shape index (κ1) is 60.8. The lowest BCUT2D eigenvalue weighted by Gasteiger charge is -2.19. The van der Waals surface area contributed by atoms with Crippen LogP contribution in [-0.4, -0.2) is 78.5 Å². The first-order valence-corrected chi connectivity index (χ1v) is 32.2. The zero-order chi connectivity index (χ0) is 63.5. The van der Waals surface area contributed by atoms with E-state index in [0.29, 0.717) is 33.4 Å². The van der Waals surface area contributed by atoms with Crippen LogP contribution in [0, 0.1) is 0 Å². The number of carbonyl (C=O) groups is 6. The minimum absolute atomic E-state index is 0.373. The molecule has 90 heavy (non-hydrogen) atoms. The van der Waals surface area contributed by atoms with Crippen molar-refractivity contribution in [2.75, 3.05) is 42.7 Å². The molecule has 18 heteroatoms. The molecule has 0 atom stereocenters. The Hall–Kier alpha value is -8.10. The third kappa shape index (κ3) is 9.33. The van der Waals surface area contributed by atoms with E-state index in [1.165, 1.54) is 42.7 Å². The van der Waals surface area contributed by atoms with Gasteiger partial charge < -0.3 is 28.4 Å². The molecule has 15 rings (SSSR count). The molecule has 0 amide bonds. The highest BCUT2D eigenvalue weighted by Crippen LogP contribution is 2.51. The number of esters is 6. The standard InChI is InChI=1S/3C24H14Br2O4/c1-29-23(27)15-9-17(25)21-14-8-4-6-12-16(24(28)30-2)10-18(26)22(20(12)14)13-7-3-5-11(15)19(13)21;1-29-23(27)14-4-3-13-17-9-11(25)10-18-15(24(28)30-2)5-6-16(20(17)18)22-19(26)8-7-12(14)21(13)22;1-29-23(27)13-6-7-15-19-11(13)4-3-5-14(19)21-18(26)10-16(24(28)30-2)12-8-9-17(25)20(15)22(12)21/h3*3-10H,1-2H3. The normalized spacial score (nSPS) is 11.6. The number of hydrogen-bond acceptors (Lipinski definition) is 12. The quantitative estimate of drug-likeness (QED) is 0.0672. The molecular formula is C72H42Br6O12. The molecule has 0 N–H and O–H groups in total. The van der Waals surface area contributed by atoms with Gasteiger partial charge in [0.15, 0.2) is 0 Å². The molecule has 0 fully saturated rings. The second-order valence-corrected chi connectivity index (χ2v) is 26.2. The number of ether oxygens (including phenoxy) is 6. The number of benzene rings is 15. The number of fused-ring (bicyclic) bond motifs is 6. The predicted octanol–water partition coefficient (Wildman–Crippen LogP) is 20.5. The molecule has 0 bridgehead atoms. The van der Waals surface area contributed by atoms with Crippen LogP contribution in [0.25, 0.3) is 129 Å². The van der Waals surface area contributed by atoms with E-state index in [4.69, 9.17) is 28.4 Å². The maximum absolute atomic E-state index is 12.5. The first-order chi connectivity index (χ1) is 43.4. The van der Waals surface area contributed by atoms with Gasteiger partial charge in [0.2, 0.25) is 0 Å². The second-order valence-electron chi connectivity index (χ2n) is 21.0. The van der Waals surface area contributed by atoms with Crippen LogP contribution in [0.3, 0.4) is 0 Å². The summed E-state index contributed by atoms with van der Waals surface area (Å²) in [6.07, 6.45) is 0. The van der Waals surface area contributed by atoms with Crippen molar-refractivity contribution in [2.45, 2.75) is 0 Å². The molecule has 0 heterocycles. The van der Waals surface area contributed by atoms with Crippen molar-refractivity contribution in [3.8, 4) is 0 Å². The SMILES string of the molecule is COC(=O)c1cc(Br)c2c3cccc4c(C(=O)OC)cc(Br)c(c5cccc1c52)c43.COC(=O)c1ccc2c3c(Br)ccc4c(C(=O)OC)cc(Br)c(c5cccc1c25)c43.COC(=O)c1ccc2c3c(Br)ccc4c(C(=O)OC)ccc(c5cc(Br)cc1c52)c43. The molecule has 0 aliphatic heterocycles. The molecule has 0 spiro atoms. The third-order valence-electron chi connectivity index (χ3n) is 16.8. The van der Waals surface area contributed by atoms with Crippen LogP contribution in [0.4, 0.5) is 0 Å². The van der Waals surface area contributed by atoms with Gasteiger partial charge >= 0.3 is 35.8 Å². The summed E-state index contributed by atoms with van der Waals surface area (Å²) in [7, 11) is 8.30. The molecule has 0 saturated carbocycles. The van der Waals surface area contributed by atoms with Gasteiger partial charge in [0.1, 0.15) is 0 Å². The average molecular weight is 1580 g/mol. The average Bonchev–Trinajstić information content (AvgIpc) is 0.731. The maximum atomic E-state index is 12.5. The molecule has 0 aliphatic rings. The minimum atomic E-state index is -0.388. The van der Waals surface area contributed by atoms with Crippen LogP contribution in [0.1, 0.15) is 62.1 Å². The predicted molar refractivity (Wildman–Crippen MR) is 377 cm³/mol. The number of carbonyl (C=O) groups excluding carboxylic acids is 6. The van der Waals surface area contributed by atoms with Gasteiger partial charge in [-0.25, -0.2) is 28.8 Å². The van der Waals surface area contributed by atoms with Crippen LogP contribution in [-0.2, 0) is 28.4 Å². The van der Waals surface area contributed by atoms with Gasteiger partial charge in [0.05, 0.1) is 76.0 Å². The van der Waals surface area contributed by atoms with E-state index in [9.17, 15) is 28.8 Å². The zero-order valence-corrected chi connectivity index (χ0v) is 57.5. The smallest absolute Gasteiger partial charge is 0.338 e. The Morgan fingerprint density at radius 1 is 0.222 bits per heavy atom. The lowest BCUT2D eigenvalue weighted by Crippen LogP contribution is -2.04. The van der Waals surface area contributed by atoms with Crippen molar-refractivity contribution in [2.24, 2.45) is 0 Å². The lowest BCUT2D eigenvalue weighted by atomic mass is 9.87. The molecule has 15 aromatic rings. The Balaban J connectivity index is 0.000000124. The fraction of sp³-hybridized carbons (Fsp3) is 0.0833. The summed E-state index contributed by atoms with van der Waals surface area (Å²) in [5, 5.41) is 22.6. The van der Waals surface area contributed by atoms with Gasteiger partial charge in [-0.05, 0) is 158 Å². The summed E-state index contributed by atoms with van der Waals surface area (Å²) in [4.78, 5) is 74.6. The highest BCUT2D eigenvalue weighted by atomic mass is 79.9. The van der Waals surface area contributed by atoms with Crippen LogP contribution in [0.2, 0.25) is 0 Å². The summed E-state index contributed by atoms with van der Waals surface area (Å²) in [6.45, 7) is 0. The van der Waals surface area contributed by atoms with E-state index in [-0.39, 0.29) is 35.8 Å². The molecule has 0 aromatic heterocycles.